The summed E-state index contributed by atoms with van der Waals surface area (Å²) in [6.45, 7) is 1.88. The lowest BCUT2D eigenvalue weighted by Gasteiger charge is -2.23. The fourth-order valence-corrected chi connectivity index (χ4v) is 1.46. The van der Waals surface area contributed by atoms with Gasteiger partial charge in [-0.1, -0.05) is 12.1 Å². The standard InChI is InChI=1S/C12H15ClFNO/c1-9(8-13)15(2)12(16)7-10-3-5-11(14)6-4-10/h3-6,9H,7-8H2,1-2H3. The lowest BCUT2D eigenvalue weighted by molar-refractivity contribution is -0.130. The molecule has 0 fully saturated rings. The minimum absolute atomic E-state index is 0.00890. The Labute approximate surface area is 100 Å². The zero-order valence-electron chi connectivity index (χ0n) is 9.41. The van der Waals surface area contributed by atoms with Crippen molar-refractivity contribution < 1.29 is 9.18 Å². The van der Waals surface area contributed by atoms with Crippen molar-refractivity contribution in [1.82, 2.24) is 4.90 Å². The molecule has 88 valence electrons. The van der Waals surface area contributed by atoms with Gasteiger partial charge in [0.05, 0.1) is 6.42 Å². The van der Waals surface area contributed by atoms with Crippen molar-refractivity contribution in [3.63, 3.8) is 0 Å². The van der Waals surface area contributed by atoms with Crippen LogP contribution in [0.1, 0.15) is 12.5 Å². The molecule has 1 aromatic rings. The molecule has 0 saturated heterocycles. The van der Waals surface area contributed by atoms with Gasteiger partial charge in [0.2, 0.25) is 5.91 Å². The normalized spacial score (nSPS) is 12.2. The molecule has 1 amide bonds. The van der Waals surface area contributed by atoms with Gasteiger partial charge in [-0.2, -0.15) is 0 Å². The number of likely N-dealkylation sites (N-methyl/N-ethyl adjacent to an activating group) is 1. The number of hydrogen-bond acceptors (Lipinski definition) is 1. The van der Waals surface area contributed by atoms with Crippen molar-refractivity contribution in [3.05, 3.63) is 35.6 Å². The summed E-state index contributed by atoms with van der Waals surface area (Å²) in [6, 6.07) is 5.95. The average Bonchev–Trinajstić information content (AvgIpc) is 2.30. The minimum Gasteiger partial charge on any atom is -0.342 e. The van der Waals surface area contributed by atoms with E-state index in [1.807, 2.05) is 6.92 Å². The topological polar surface area (TPSA) is 20.3 Å². The fraction of sp³-hybridized carbons (Fsp3) is 0.417. The number of alkyl halides is 1. The summed E-state index contributed by atoms with van der Waals surface area (Å²) in [6.07, 6.45) is 0.276. The second-order valence-corrected chi connectivity index (χ2v) is 4.12. The van der Waals surface area contributed by atoms with Crippen LogP contribution in [0.3, 0.4) is 0 Å². The van der Waals surface area contributed by atoms with Gasteiger partial charge in [-0.3, -0.25) is 4.79 Å². The molecule has 0 heterocycles. The van der Waals surface area contributed by atoms with Gasteiger partial charge in [0.25, 0.3) is 0 Å². The number of carbonyl (C=O) groups excluding carboxylic acids is 1. The molecule has 0 N–H and O–H groups in total. The molecule has 0 aromatic heterocycles. The second-order valence-electron chi connectivity index (χ2n) is 3.81. The van der Waals surface area contributed by atoms with Gasteiger partial charge in [0, 0.05) is 19.0 Å². The maximum Gasteiger partial charge on any atom is 0.227 e. The van der Waals surface area contributed by atoms with Crippen LogP contribution in [0, 0.1) is 5.82 Å². The Kier molecular flexibility index (Phi) is 4.74. The maximum atomic E-state index is 12.7. The molecular weight excluding hydrogens is 229 g/mol. The van der Waals surface area contributed by atoms with E-state index in [2.05, 4.69) is 0 Å². The van der Waals surface area contributed by atoms with Crippen LogP contribution in [0.25, 0.3) is 0 Å². The van der Waals surface area contributed by atoms with Gasteiger partial charge >= 0.3 is 0 Å². The molecular formula is C12H15ClFNO. The monoisotopic (exact) mass is 243 g/mol. The second kappa shape index (κ2) is 5.85. The zero-order valence-corrected chi connectivity index (χ0v) is 10.2. The van der Waals surface area contributed by atoms with Gasteiger partial charge in [0.15, 0.2) is 0 Å². The summed E-state index contributed by atoms with van der Waals surface area (Å²) in [5, 5.41) is 0. The number of nitrogens with zero attached hydrogens (tertiary/aromatic N) is 1. The van der Waals surface area contributed by atoms with Crippen LogP contribution in [-0.4, -0.2) is 29.8 Å². The molecule has 0 radical (unpaired) electrons. The third-order valence-electron chi connectivity index (χ3n) is 2.55. The molecule has 0 aliphatic rings. The van der Waals surface area contributed by atoms with E-state index in [4.69, 9.17) is 11.6 Å². The molecule has 1 atom stereocenters. The van der Waals surface area contributed by atoms with Crippen LogP contribution in [0.15, 0.2) is 24.3 Å². The van der Waals surface area contributed by atoms with E-state index in [-0.39, 0.29) is 24.2 Å². The molecule has 0 bridgehead atoms. The van der Waals surface area contributed by atoms with Gasteiger partial charge in [-0.05, 0) is 24.6 Å². The van der Waals surface area contributed by atoms with Crippen molar-refractivity contribution in [1.29, 1.82) is 0 Å². The Bertz CT molecular complexity index is 353. The summed E-state index contributed by atoms with van der Waals surface area (Å²) in [5.41, 5.74) is 0.806. The number of amides is 1. The summed E-state index contributed by atoms with van der Waals surface area (Å²) in [5.74, 6) is 0.101. The van der Waals surface area contributed by atoms with E-state index in [1.54, 1.807) is 24.1 Å². The van der Waals surface area contributed by atoms with Crippen LogP contribution >= 0.6 is 11.6 Å². The first kappa shape index (κ1) is 13.0. The van der Waals surface area contributed by atoms with E-state index in [1.165, 1.54) is 12.1 Å². The fourth-order valence-electron chi connectivity index (χ4n) is 1.25. The summed E-state index contributed by atoms with van der Waals surface area (Å²) >= 11 is 5.67. The van der Waals surface area contributed by atoms with Crippen molar-refractivity contribution >= 4 is 17.5 Å². The number of rotatable bonds is 4. The lowest BCUT2D eigenvalue weighted by Crippen LogP contribution is -2.37. The Morgan fingerprint density at radius 3 is 2.50 bits per heavy atom. The quantitative estimate of drug-likeness (QED) is 0.744. The van der Waals surface area contributed by atoms with Gasteiger partial charge in [-0.15, -0.1) is 11.6 Å². The van der Waals surface area contributed by atoms with Crippen LogP contribution < -0.4 is 0 Å². The van der Waals surface area contributed by atoms with Gasteiger partial charge in [0.1, 0.15) is 5.82 Å². The van der Waals surface area contributed by atoms with Gasteiger partial charge < -0.3 is 4.90 Å². The highest BCUT2D eigenvalue weighted by Gasteiger charge is 2.14. The molecule has 2 nitrogen and oxygen atoms in total. The van der Waals surface area contributed by atoms with E-state index >= 15 is 0 Å². The van der Waals surface area contributed by atoms with Gasteiger partial charge in [-0.25, -0.2) is 4.39 Å². The van der Waals surface area contributed by atoms with Crippen LogP contribution in [-0.2, 0) is 11.2 Å². The third-order valence-corrected chi connectivity index (χ3v) is 2.99. The Morgan fingerprint density at radius 2 is 2.00 bits per heavy atom. The third kappa shape index (κ3) is 3.49. The largest absolute Gasteiger partial charge is 0.342 e. The van der Waals surface area contributed by atoms with E-state index in [9.17, 15) is 9.18 Å². The smallest absolute Gasteiger partial charge is 0.227 e. The van der Waals surface area contributed by atoms with Crippen LogP contribution in [0.2, 0.25) is 0 Å². The predicted molar refractivity (Wildman–Crippen MR) is 63.1 cm³/mol. The van der Waals surface area contributed by atoms with Crippen molar-refractivity contribution in [2.24, 2.45) is 0 Å². The lowest BCUT2D eigenvalue weighted by atomic mass is 10.1. The molecule has 0 spiro atoms. The molecule has 1 unspecified atom stereocenters. The molecule has 1 rings (SSSR count). The number of hydrogen-bond donors (Lipinski definition) is 0. The van der Waals surface area contributed by atoms with E-state index < -0.39 is 0 Å². The SMILES string of the molecule is CC(CCl)N(C)C(=O)Cc1ccc(F)cc1. The van der Waals surface area contributed by atoms with Crippen molar-refractivity contribution in [2.45, 2.75) is 19.4 Å². The molecule has 0 aliphatic heterocycles. The highest BCUT2D eigenvalue weighted by molar-refractivity contribution is 6.18. The highest BCUT2D eigenvalue weighted by atomic mass is 35.5. The zero-order chi connectivity index (χ0) is 12.1. The Morgan fingerprint density at radius 1 is 1.44 bits per heavy atom. The maximum absolute atomic E-state index is 12.7. The van der Waals surface area contributed by atoms with Crippen LogP contribution in [0.5, 0.6) is 0 Å². The summed E-state index contributed by atoms with van der Waals surface area (Å²) in [4.78, 5) is 13.4. The Hall–Kier alpha value is -1.09. The van der Waals surface area contributed by atoms with E-state index in [0.29, 0.717) is 5.88 Å². The first-order chi connectivity index (χ1) is 7.54. The van der Waals surface area contributed by atoms with Crippen molar-refractivity contribution in [2.75, 3.05) is 12.9 Å². The highest BCUT2D eigenvalue weighted by Crippen LogP contribution is 2.07. The van der Waals surface area contributed by atoms with E-state index in [0.717, 1.165) is 5.56 Å². The Balaban J connectivity index is 2.60. The molecule has 16 heavy (non-hydrogen) atoms. The average molecular weight is 244 g/mol. The van der Waals surface area contributed by atoms with Crippen molar-refractivity contribution in [3.8, 4) is 0 Å². The summed E-state index contributed by atoms with van der Waals surface area (Å²) in [7, 11) is 1.72. The minimum atomic E-state index is -0.293. The molecule has 4 heteroatoms. The molecule has 1 aromatic carbocycles. The first-order valence-electron chi connectivity index (χ1n) is 5.10. The van der Waals surface area contributed by atoms with Crippen LogP contribution in [0.4, 0.5) is 4.39 Å². The first-order valence-corrected chi connectivity index (χ1v) is 5.64. The number of halogens is 2. The molecule has 0 aliphatic carbocycles. The number of carbonyl (C=O) groups is 1. The number of benzene rings is 1. The predicted octanol–water partition coefficient (Wildman–Crippen LogP) is 2.45. The molecule has 0 saturated carbocycles. The summed E-state index contributed by atoms with van der Waals surface area (Å²) < 4.78 is 12.7.